The zero-order chi connectivity index (χ0) is 18.7. The quantitative estimate of drug-likeness (QED) is 0.354. The summed E-state index contributed by atoms with van der Waals surface area (Å²) in [7, 11) is 0. The molecule has 0 radical (unpaired) electrons. The molecule has 0 saturated carbocycles. The number of anilines is 1. The summed E-state index contributed by atoms with van der Waals surface area (Å²) < 4.78 is 0.274. The van der Waals surface area contributed by atoms with Crippen LogP contribution in [0, 0.1) is 10.1 Å². The van der Waals surface area contributed by atoms with Crippen molar-refractivity contribution in [2.24, 2.45) is 0 Å². The van der Waals surface area contributed by atoms with Crippen molar-refractivity contribution in [3.05, 3.63) is 61.7 Å². The van der Waals surface area contributed by atoms with Crippen molar-refractivity contribution in [3.8, 4) is 0 Å². The number of para-hydroxylation sites is 2. The van der Waals surface area contributed by atoms with Gasteiger partial charge < -0.3 is 5.32 Å². The minimum absolute atomic E-state index is 0.0714. The lowest BCUT2D eigenvalue weighted by atomic mass is 10.2. The van der Waals surface area contributed by atoms with E-state index in [1.807, 2.05) is 17.5 Å². The number of carbonyl (C=O) groups is 2. The minimum atomic E-state index is -0.584. The number of nitrogens with zero attached hydrogens (tertiary/aromatic N) is 2. The van der Waals surface area contributed by atoms with Crippen LogP contribution in [-0.4, -0.2) is 32.5 Å². The van der Waals surface area contributed by atoms with Gasteiger partial charge in [-0.2, -0.15) is 0 Å². The number of nitro benzene ring substituents is 1. The van der Waals surface area contributed by atoms with E-state index in [1.165, 1.54) is 34.4 Å². The molecule has 26 heavy (non-hydrogen) atoms. The summed E-state index contributed by atoms with van der Waals surface area (Å²) in [5, 5.41) is 15.4. The maximum absolute atomic E-state index is 12.5. The van der Waals surface area contributed by atoms with Crippen molar-refractivity contribution >= 4 is 68.9 Å². The molecule has 0 aliphatic carbocycles. The Morgan fingerprint density at radius 3 is 2.77 bits per heavy atom. The molecule has 1 N–H and O–H groups in total. The number of thiocarbonyl (C=S) groups is 1. The highest BCUT2D eigenvalue weighted by Crippen LogP contribution is 2.33. The Labute approximate surface area is 161 Å². The van der Waals surface area contributed by atoms with Crippen molar-refractivity contribution in [1.82, 2.24) is 4.90 Å². The molecule has 0 spiro atoms. The maximum Gasteiger partial charge on any atom is 0.292 e. The van der Waals surface area contributed by atoms with E-state index in [1.54, 1.807) is 12.1 Å². The predicted molar refractivity (Wildman–Crippen MR) is 106 cm³/mol. The molecule has 0 bridgehead atoms. The first-order valence-electron chi connectivity index (χ1n) is 7.28. The zero-order valence-electron chi connectivity index (χ0n) is 13.1. The molecule has 1 aliphatic rings. The number of hydrogen-bond acceptors (Lipinski definition) is 7. The molecule has 1 aromatic heterocycles. The summed E-state index contributed by atoms with van der Waals surface area (Å²) >= 11 is 7.79. The lowest BCUT2D eigenvalue weighted by molar-refractivity contribution is -0.383. The normalized spacial score (nSPS) is 15.5. The number of benzene rings is 1. The summed E-state index contributed by atoms with van der Waals surface area (Å²) in [5.41, 5.74) is -0.147. The molecule has 1 aromatic carbocycles. The second-order valence-corrected chi connectivity index (χ2v) is 7.76. The molecule has 2 amide bonds. The number of rotatable bonds is 5. The van der Waals surface area contributed by atoms with Gasteiger partial charge in [0.05, 0.1) is 9.83 Å². The van der Waals surface area contributed by atoms with Gasteiger partial charge in [0.15, 0.2) is 0 Å². The second kappa shape index (κ2) is 7.77. The maximum atomic E-state index is 12.5. The molecule has 2 aromatic rings. The van der Waals surface area contributed by atoms with Gasteiger partial charge in [0.1, 0.15) is 16.6 Å². The first-order valence-corrected chi connectivity index (χ1v) is 9.38. The average molecular weight is 405 g/mol. The molecule has 0 atom stereocenters. The molecule has 1 saturated heterocycles. The molecule has 7 nitrogen and oxygen atoms in total. The van der Waals surface area contributed by atoms with Gasteiger partial charge in [-0.3, -0.25) is 24.6 Å². The standard InChI is InChI=1S/C16H11N3O4S3/c20-14(17-11-5-1-2-6-12(11)19(22)23)9-18-15(21)13(26-16(18)24)8-10-4-3-7-25-10/h1-8H,9H2,(H,17,20)/b13-8-. The number of nitro groups is 1. The number of amides is 2. The third-order valence-corrected chi connectivity index (χ3v) is 5.56. The summed E-state index contributed by atoms with van der Waals surface area (Å²) in [6.45, 7) is -0.307. The SMILES string of the molecule is O=C(CN1C(=O)/C(=C/c2cccs2)SC1=S)Nc1ccccc1[N+](=O)[O-]. The van der Waals surface area contributed by atoms with Crippen LogP contribution in [0.5, 0.6) is 0 Å². The Balaban J connectivity index is 1.71. The van der Waals surface area contributed by atoms with E-state index in [2.05, 4.69) is 5.32 Å². The van der Waals surface area contributed by atoms with Crippen LogP contribution in [0.3, 0.4) is 0 Å². The van der Waals surface area contributed by atoms with Gasteiger partial charge in [0, 0.05) is 10.9 Å². The fourth-order valence-electron chi connectivity index (χ4n) is 2.21. The van der Waals surface area contributed by atoms with Crippen LogP contribution in [0.1, 0.15) is 4.88 Å². The number of thiophene rings is 1. The van der Waals surface area contributed by atoms with Gasteiger partial charge in [0.2, 0.25) is 5.91 Å². The topological polar surface area (TPSA) is 92.6 Å². The van der Waals surface area contributed by atoms with Crippen molar-refractivity contribution in [2.45, 2.75) is 0 Å². The first-order chi connectivity index (χ1) is 12.5. The summed E-state index contributed by atoms with van der Waals surface area (Å²) in [6, 6.07) is 9.54. The Kier molecular flexibility index (Phi) is 5.45. The van der Waals surface area contributed by atoms with Gasteiger partial charge in [-0.05, 0) is 23.6 Å². The molecular weight excluding hydrogens is 394 g/mol. The average Bonchev–Trinajstić information content (AvgIpc) is 3.19. The van der Waals surface area contributed by atoms with Crippen LogP contribution in [0.15, 0.2) is 46.7 Å². The molecule has 3 rings (SSSR count). The van der Waals surface area contributed by atoms with Crippen molar-refractivity contribution in [1.29, 1.82) is 0 Å². The molecule has 1 fully saturated rings. The van der Waals surface area contributed by atoms with Gasteiger partial charge in [-0.1, -0.05) is 42.2 Å². The van der Waals surface area contributed by atoms with Crippen LogP contribution in [-0.2, 0) is 9.59 Å². The number of thioether (sulfide) groups is 1. The fourth-order valence-corrected chi connectivity index (χ4v) is 4.19. The fraction of sp³-hybridized carbons (Fsp3) is 0.0625. The third-order valence-electron chi connectivity index (χ3n) is 3.37. The van der Waals surface area contributed by atoms with Crippen LogP contribution < -0.4 is 5.32 Å². The smallest absolute Gasteiger partial charge is 0.292 e. The van der Waals surface area contributed by atoms with E-state index >= 15 is 0 Å². The summed E-state index contributed by atoms with van der Waals surface area (Å²) in [4.78, 5) is 37.7. The molecule has 132 valence electrons. The van der Waals surface area contributed by atoms with Crippen LogP contribution in [0.2, 0.25) is 0 Å². The van der Waals surface area contributed by atoms with E-state index in [0.717, 1.165) is 16.6 Å². The highest BCUT2D eigenvalue weighted by molar-refractivity contribution is 8.26. The first kappa shape index (κ1) is 18.2. The van der Waals surface area contributed by atoms with E-state index in [4.69, 9.17) is 12.2 Å². The number of carbonyl (C=O) groups excluding carboxylic acids is 2. The lowest BCUT2D eigenvalue weighted by Gasteiger charge is -2.14. The monoisotopic (exact) mass is 405 g/mol. The number of nitrogens with one attached hydrogen (secondary N) is 1. The lowest BCUT2D eigenvalue weighted by Crippen LogP contribution is -2.36. The van der Waals surface area contributed by atoms with Crippen molar-refractivity contribution in [2.75, 3.05) is 11.9 Å². The van der Waals surface area contributed by atoms with Crippen LogP contribution >= 0.6 is 35.3 Å². The van der Waals surface area contributed by atoms with Crippen molar-refractivity contribution in [3.63, 3.8) is 0 Å². The highest BCUT2D eigenvalue weighted by atomic mass is 32.2. The Morgan fingerprint density at radius 2 is 2.08 bits per heavy atom. The van der Waals surface area contributed by atoms with E-state index in [-0.39, 0.29) is 28.1 Å². The zero-order valence-corrected chi connectivity index (χ0v) is 15.5. The van der Waals surface area contributed by atoms with E-state index in [9.17, 15) is 19.7 Å². The minimum Gasteiger partial charge on any atom is -0.319 e. The summed E-state index contributed by atoms with van der Waals surface area (Å²) in [5.74, 6) is -0.918. The van der Waals surface area contributed by atoms with Crippen LogP contribution in [0.25, 0.3) is 6.08 Å². The molecule has 2 heterocycles. The van der Waals surface area contributed by atoms with Crippen molar-refractivity contribution < 1.29 is 14.5 Å². The summed E-state index contributed by atoms with van der Waals surface area (Å²) in [6.07, 6.45) is 1.73. The van der Waals surface area contributed by atoms with Gasteiger partial charge >= 0.3 is 0 Å². The second-order valence-electron chi connectivity index (χ2n) is 5.11. The molecular formula is C16H11N3O4S3. The Bertz CT molecular complexity index is 925. The molecule has 1 aliphatic heterocycles. The predicted octanol–water partition coefficient (Wildman–Crippen LogP) is 3.50. The Morgan fingerprint density at radius 1 is 1.31 bits per heavy atom. The van der Waals surface area contributed by atoms with Gasteiger partial charge in [-0.25, -0.2) is 0 Å². The molecule has 0 unspecified atom stereocenters. The van der Waals surface area contributed by atoms with Gasteiger partial charge in [-0.15, -0.1) is 11.3 Å². The third kappa shape index (κ3) is 3.98. The largest absolute Gasteiger partial charge is 0.319 e. The van der Waals surface area contributed by atoms with Gasteiger partial charge in [0.25, 0.3) is 11.6 Å². The van der Waals surface area contributed by atoms with E-state index in [0.29, 0.717) is 4.91 Å². The van der Waals surface area contributed by atoms with Crippen LogP contribution in [0.4, 0.5) is 11.4 Å². The highest BCUT2D eigenvalue weighted by Gasteiger charge is 2.33. The Hall–Kier alpha value is -2.56. The molecule has 10 heteroatoms. The van der Waals surface area contributed by atoms with E-state index < -0.39 is 10.8 Å². The number of hydrogen-bond donors (Lipinski definition) is 1.